The molecule has 4 unspecified atom stereocenters. The topological polar surface area (TPSA) is 148 Å². The van der Waals surface area contributed by atoms with Gasteiger partial charge in [0.25, 0.3) is 0 Å². The van der Waals surface area contributed by atoms with Crippen molar-refractivity contribution < 1.29 is 29.4 Å². The van der Waals surface area contributed by atoms with Crippen LogP contribution >= 0.6 is 0 Å². The monoisotopic (exact) mass is 474 g/mol. The molecule has 10 heteroatoms. The molecule has 1 aromatic carbocycles. The van der Waals surface area contributed by atoms with E-state index in [-0.39, 0.29) is 30.0 Å². The van der Waals surface area contributed by atoms with Gasteiger partial charge in [0, 0.05) is 13.0 Å². The molecular formula is C24H34N4O6. The average Bonchev–Trinajstić information content (AvgIpc) is 3.50. The van der Waals surface area contributed by atoms with E-state index in [1.807, 2.05) is 0 Å². The number of amides is 3. The molecule has 2 aliphatic rings. The van der Waals surface area contributed by atoms with Gasteiger partial charge in [-0.2, -0.15) is 0 Å². The second kappa shape index (κ2) is 11.3. The van der Waals surface area contributed by atoms with Crippen LogP contribution in [-0.2, 0) is 25.6 Å². The number of carbonyl (C=O) groups is 4. The number of phenols is 1. The molecule has 0 aliphatic carbocycles. The van der Waals surface area contributed by atoms with E-state index in [2.05, 4.69) is 16.0 Å². The number of phenolic OH excluding ortho intramolecular Hbond substituents is 1. The summed E-state index contributed by atoms with van der Waals surface area (Å²) in [5.74, 6) is -2.48. The zero-order chi connectivity index (χ0) is 24.8. The third-order valence-corrected chi connectivity index (χ3v) is 6.44. The van der Waals surface area contributed by atoms with E-state index in [0.717, 1.165) is 18.5 Å². The van der Waals surface area contributed by atoms with Gasteiger partial charge in [-0.25, -0.2) is 4.79 Å². The van der Waals surface area contributed by atoms with E-state index < -0.39 is 35.9 Å². The summed E-state index contributed by atoms with van der Waals surface area (Å²) in [6, 6.07) is 3.21. The second-order valence-corrected chi connectivity index (χ2v) is 9.34. The molecule has 2 heterocycles. The van der Waals surface area contributed by atoms with Crippen molar-refractivity contribution >= 4 is 23.7 Å². The van der Waals surface area contributed by atoms with Gasteiger partial charge >= 0.3 is 5.97 Å². The Kier molecular flexibility index (Phi) is 8.49. The van der Waals surface area contributed by atoms with Crippen molar-refractivity contribution in [2.24, 2.45) is 5.92 Å². The van der Waals surface area contributed by atoms with Crippen molar-refractivity contribution in [3.63, 3.8) is 0 Å². The quantitative estimate of drug-likeness (QED) is 0.348. The fourth-order valence-corrected chi connectivity index (χ4v) is 4.49. The summed E-state index contributed by atoms with van der Waals surface area (Å²) in [6.45, 7) is 4.63. The van der Waals surface area contributed by atoms with E-state index in [1.165, 1.54) is 17.0 Å². The van der Waals surface area contributed by atoms with E-state index in [4.69, 9.17) is 0 Å². The molecule has 1 aromatic rings. The molecular weight excluding hydrogens is 440 g/mol. The highest BCUT2D eigenvalue weighted by molar-refractivity contribution is 5.94. The molecule has 0 spiro atoms. The normalized spacial score (nSPS) is 21.8. The van der Waals surface area contributed by atoms with Crippen LogP contribution in [0.2, 0.25) is 0 Å². The zero-order valence-electron chi connectivity index (χ0n) is 19.6. The van der Waals surface area contributed by atoms with Crippen LogP contribution in [0, 0.1) is 5.92 Å². The van der Waals surface area contributed by atoms with Crippen molar-refractivity contribution in [3.05, 3.63) is 29.8 Å². The minimum atomic E-state index is -1.05. The minimum Gasteiger partial charge on any atom is -0.508 e. The number of carboxylic acids is 1. The van der Waals surface area contributed by atoms with Gasteiger partial charge in [-0.05, 0) is 55.8 Å². The summed E-state index contributed by atoms with van der Waals surface area (Å²) in [7, 11) is 0. The Balaban J connectivity index is 1.76. The number of nitrogens with one attached hydrogen (secondary N) is 3. The van der Waals surface area contributed by atoms with Crippen LogP contribution in [0.1, 0.15) is 45.1 Å². The smallest absolute Gasteiger partial charge is 0.326 e. The molecule has 10 nitrogen and oxygen atoms in total. The highest BCUT2D eigenvalue weighted by Crippen LogP contribution is 2.21. The lowest BCUT2D eigenvalue weighted by atomic mass is 9.99. The van der Waals surface area contributed by atoms with Crippen LogP contribution < -0.4 is 16.0 Å². The molecule has 2 saturated heterocycles. The molecule has 2 aliphatic heterocycles. The summed E-state index contributed by atoms with van der Waals surface area (Å²) in [4.78, 5) is 52.2. The van der Waals surface area contributed by atoms with Crippen LogP contribution in [0.4, 0.5) is 0 Å². The number of aliphatic carboxylic acids is 1. The number of rotatable bonds is 9. The van der Waals surface area contributed by atoms with E-state index in [0.29, 0.717) is 25.8 Å². The number of hydrogen-bond donors (Lipinski definition) is 5. The van der Waals surface area contributed by atoms with Gasteiger partial charge in [0.15, 0.2) is 0 Å². The lowest BCUT2D eigenvalue weighted by Crippen LogP contribution is -2.58. The van der Waals surface area contributed by atoms with Crippen molar-refractivity contribution in [2.45, 2.75) is 70.1 Å². The summed E-state index contributed by atoms with van der Waals surface area (Å²) < 4.78 is 0. The lowest BCUT2D eigenvalue weighted by molar-refractivity contribution is -0.150. The van der Waals surface area contributed by atoms with Crippen molar-refractivity contribution in [3.8, 4) is 5.75 Å². The number of carbonyl (C=O) groups excluding carboxylic acids is 3. The summed E-state index contributed by atoms with van der Waals surface area (Å²) >= 11 is 0. The molecule has 3 amide bonds. The molecule has 5 N–H and O–H groups in total. The Morgan fingerprint density at radius 3 is 2.38 bits per heavy atom. The van der Waals surface area contributed by atoms with Gasteiger partial charge in [-0.1, -0.05) is 26.0 Å². The lowest BCUT2D eigenvalue weighted by Gasteiger charge is -2.31. The number of hydrogen-bond acceptors (Lipinski definition) is 6. The third kappa shape index (κ3) is 6.25. The molecule has 4 atom stereocenters. The Hall–Kier alpha value is -3.14. The number of nitrogens with zero attached hydrogens (tertiary/aromatic N) is 1. The van der Waals surface area contributed by atoms with Gasteiger partial charge < -0.3 is 31.1 Å². The molecule has 0 radical (unpaired) electrons. The molecule has 0 saturated carbocycles. The Labute approximate surface area is 199 Å². The molecule has 3 rings (SSSR count). The molecule has 0 aromatic heterocycles. The maximum absolute atomic E-state index is 13.3. The van der Waals surface area contributed by atoms with Crippen LogP contribution in [0.5, 0.6) is 5.75 Å². The highest BCUT2D eigenvalue weighted by atomic mass is 16.4. The third-order valence-electron chi connectivity index (χ3n) is 6.44. The van der Waals surface area contributed by atoms with E-state index in [1.54, 1.807) is 26.0 Å². The highest BCUT2D eigenvalue weighted by Gasteiger charge is 2.39. The minimum absolute atomic E-state index is 0.0907. The molecule has 2 fully saturated rings. The largest absolute Gasteiger partial charge is 0.508 e. The van der Waals surface area contributed by atoms with E-state index >= 15 is 0 Å². The number of benzene rings is 1. The van der Waals surface area contributed by atoms with Crippen LogP contribution in [0.3, 0.4) is 0 Å². The predicted molar refractivity (Wildman–Crippen MR) is 124 cm³/mol. The maximum Gasteiger partial charge on any atom is 0.326 e. The summed E-state index contributed by atoms with van der Waals surface area (Å²) in [5, 5.41) is 27.7. The Morgan fingerprint density at radius 1 is 1.09 bits per heavy atom. The van der Waals surface area contributed by atoms with Crippen LogP contribution in [0.15, 0.2) is 24.3 Å². The van der Waals surface area contributed by atoms with Gasteiger partial charge in [0.1, 0.15) is 23.9 Å². The van der Waals surface area contributed by atoms with Crippen molar-refractivity contribution in [1.82, 2.24) is 20.9 Å². The Morgan fingerprint density at radius 2 is 1.79 bits per heavy atom. The number of likely N-dealkylation sites (tertiary alicyclic amines) is 1. The zero-order valence-corrected chi connectivity index (χ0v) is 19.6. The van der Waals surface area contributed by atoms with Crippen LogP contribution in [-0.4, -0.2) is 76.1 Å². The first-order chi connectivity index (χ1) is 16.2. The summed E-state index contributed by atoms with van der Waals surface area (Å²) in [6.07, 6.45) is 2.70. The van der Waals surface area contributed by atoms with Crippen molar-refractivity contribution in [2.75, 3.05) is 13.1 Å². The summed E-state index contributed by atoms with van der Waals surface area (Å²) in [5.41, 5.74) is 0.732. The number of carboxylic acid groups (broad SMARTS) is 1. The molecule has 0 bridgehead atoms. The first-order valence-corrected chi connectivity index (χ1v) is 11.8. The standard InChI is InChI=1S/C24H34N4O6/c1-14(2)20(23(32)28-12-4-6-19(28)24(33)34)27-22(31)18(13-15-7-9-16(29)10-8-15)26-21(30)17-5-3-11-25-17/h7-10,14,17-20,25,29H,3-6,11-13H2,1-2H3,(H,26,30)(H,27,31)(H,33,34). The molecule has 186 valence electrons. The van der Waals surface area contributed by atoms with Crippen LogP contribution in [0.25, 0.3) is 0 Å². The first kappa shape index (κ1) is 25.5. The SMILES string of the molecule is CC(C)C(NC(=O)C(Cc1ccc(O)cc1)NC(=O)C1CCCN1)C(=O)N1CCCC1C(=O)O. The van der Waals surface area contributed by atoms with Gasteiger partial charge in [-0.3, -0.25) is 14.4 Å². The maximum atomic E-state index is 13.3. The average molecular weight is 475 g/mol. The van der Waals surface area contributed by atoms with Gasteiger partial charge in [-0.15, -0.1) is 0 Å². The second-order valence-electron chi connectivity index (χ2n) is 9.34. The van der Waals surface area contributed by atoms with Gasteiger partial charge in [0.2, 0.25) is 17.7 Å². The molecule has 34 heavy (non-hydrogen) atoms. The first-order valence-electron chi connectivity index (χ1n) is 11.8. The van der Waals surface area contributed by atoms with Crippen molar-refractivity contribution in [1.29, 1.82) is 0 Å². The fraction of sp³-hybridized carbons (Fsp3) is 0.583. The van der Waals surface area contributed by atoms with E-state index in [9.17, 15) is 29.4 Å². The van der Waals surface area contributed by atoms with Gasteiger partial charge in [0.05, 0.1) is 6.04 Å². The fourth-order valence-electron chi connectivity index (χ4n) is 4.49. The Bertz CT molecular complexity index is 897. The predicted octanol–water partition coefficient (Wildman–Crippen LogP) is 0.388. The number of aromatic hydroxyl groups is 1.